The van der Waals surface area contributed by atoms with Gasteiger partial charge in [0.05, 0.1) is 17.1 Å². The van der Waals surface area contributed by atoms with Crippen LogP contribution in [0.4, 0.5) is 0 Å². The van der Waals surface area contributed by atoms with Gasteiger partial charge in [0.25, 0.3) is 0 Å². The topological polar surface area (TPSA) is 97.4 Å². The quantitative estimate of drug-likeness (QED) is 0.290. The molecule has 0 radical (unpaired) electrons. The molecule has 166 valence electrons. The summed E-state index contributed by atoms with van der Waals surface area (Å²) in [7, 11) is -3.95. The maximum Gasteiger partial charge on any atom is 0.478 e. The molecule has 0 aliphatic heterocycles. The average molecular weight is 424 g/mol. The van der Waals surface area contributed by atoms with Gasteiger partial charge in [-0.1, -0.05) is 6.92 Å². The van der Waals surface area contributed by atoms with Gasteiger partial charge in [0.15, 0.2) is 0 Å². The van der Waals surface area contributed by atoms with Crippen LogP contribution in [0, 0.1) is 5.92 Å². The second kappa shape index (κ2) is 10.2. The van der Waals surface area contributed by atoms with Crippen LogP contribution < -0.4 is 0 Å². The summed E-state index contributed by atoms with van der Waals surface area (Å²) in [6, 6.07) is 0. The number of esters is 2. The van der Waals surface area contributed by atoms with E-state index in [1.165, 1.54) is 0 Å². The highest BCUT2D eigenvalue weighted by atomic mass is 31.2. The Hall–Kier alpha value is -0.950. The van der Waals surface area contributed by atoms with E-state index >= 15 is 0 Å². The van der Waals surface area contributed by atoms with Gasteiger partial charge in [-0.3, -0.25) is 18.6 Å². The Balaban J connectivity index is 4.61. The molecule has 9 heteroatoms. The molecule has 0 rings (SSSR count). The lowest BCUT2D eigenvalue weighted by Gasteiger charge is -2.30. The Morgan fingerprint density at radius 3 is 1.71 bits per heavy atom. The standard InChI is InChI=1S/C19H37O8P/c1-14(11-12-15(20)25-17(2,3)4)16(21)23-13-24-28(22,26-18(5,6)7)27-19(8,9)10/h14H,11-13H2,1-10H3/t14-/m0/s1. The van der Waals surface area contributed by atoms with E-state index in [0.29, 0.717) is 0 Å². The van der Waals surface area contributed by atoms with Gasteiger partial charge < -0.3 is 9.47 Å². The third-order valence-electron chi connectivity index (χ3n) is 2.79. The highest BCUT2D eigenvalue weighted by Crippen LogP contribution is 2.55. The molecule has 0 bridgehead atoms. The summed E-state index contributed by atoms with van der Waals surface area (Å²) in [6.45, 7) is 16.6. The molecule has 0 N–H and O–H groups in total. The maximum atomic E-state index is 12.8. The van der Waals surface area contributed by atoms with Crippen molar-refractivity contribution in [3.05, 3.63) is 0 Å². The van der Waals surface area contributed by atoms with E-state index in [1.54, 1.807) is 69.2 Å². The van der Waals surface area contributed by atoms with Gasteiger partial charge in [0.2, 0.25) is 6.79 Å². The minimum Gasteiger partial charge on any atom is -0.460 e. The van der Waals surface area contributed by atoms with Crippen molar-refractivity contribution in [2.75, 3.05) is 6.79 Å². The molecule has 0 heterocycles. The Labute approximate surface area is 169 Å². The van der Waals surface area contributed by atoms with Crippen molar-refractivity contribution < 1.29 is 37.2 Å². The Kier molecular flexibility index (Phi) is 9.85. The first-order chi connectivity index (χ1) is 12.3. The molecule has 0 unspecified atom stereocenters. The van der Waals surface area contributed by atoms with Gasteiger partial charge in [-0.05, 0) is 68.7 Å². The highest BCUT2D eigenvalue weighted by molar-refractivity contribution is 7.48. The molecule has 0 aliphatic carbocycles. The molecule has 0 spiro atoms. The van der Waals surface area contributed by atoms with Crippen LogP contribution in [0.15, 0.2) is 0 Å². The Morgan fingerprint density at radius 1 is 0.857 bits per heavy atom. The van der Waals surface area contributed by atoms with Crippen LogP contribution in [0.2, 0.25) is 0 Å². The van der Waals surface area contributed by atoms with Gasteiger partial charge in [-0.25, -0.2) is 9.09 Å². The highest BCUT2D eigenvalue weighted by Gasteiger charge is 2.37. The predicted molar refractivity (Wildman–Crippen MR) is 106 cm³/mol. The lowest BCUT2D eigenvalue weighted by Crippen LogP contribution is -2.26. The summed E-state index contributed by atoms with van der Waals surface area (Å²) in [6.07, 6.45) is 0.357. The Morgan fingerprint density at radius 2 is 1.32 bits per heavy atom. The number of hydrogen-bond acceptors (Lipinski definition) is 8. The van der Waals surface area contributed by atoms with E-state index < -0.39 is 43.3 Å². The number of carbonyl (C=O) groups excluding carboxylic acids is 2. The zero-order valence-electron chi connectivity index (χ0n) is 18.9. The third-order valence-corrected chi connectivity index (χ3v) is 4.75. The number of hydrogen-bond donors (Lipinski definition) is 0. The molecule has 0 fully saturated rings. The van der Waals surface area contributed by atoms with Crippen molar-refractivity contribution >= 4 is 19.8 Å². The molecule has 0 aromatic carbocycles. The summed E-state index contributed by atoms with van der Waals surface area (Å²) in [5.41, 5.74) is -2.15. The van der Waals surface area contributed by atoms with Gasteiger partial charge in [0.1, 0.15) is 5.60 Å². The zero-order valence-corrected chi connectivity index (χ0v) is 19.8. The summed E-state index contributed by atoms with van der Waals surface area (Å²) in [4.78, 5) is 23.8. The van der Waals surface area contributed by atoms with Crippen molar-refractivity contribution in [2.24, 2.45) is 5.92 Å². The fourth-order valence-electron chi connectivity index (χ4n) is 1.88. The second-order valence-corrected chi connectivity index (χ2v) is 11.1. The third kappa shape index (κ3) is 14.1. The molecule has 0 aliphatic rings. The van der Waals surface area contributed by atoms with E-state index in [1.807, 2.05) is 0 Å². The van der Waals surface area contributed by atoms with Crippen molar-refractivity contribution in [3.8, 4) is 0 Å². The fraction of sp³-hybridized carbons (Fsp3) is 0.895. The van der Waals surface area contributed by atoms with Gasteiger partial charge >= 0.3 is 19.8 Å². The molecule has 0 saturated heterocycles. The van der Waals surface area contributed by atoms with Crippen LogP contribution in [-0.2, 0) is 37.2 Å². The smallest absolute Gasteiger partial charge is 0.460 e. The van der Waals surface area contributed by atoms with E-state index in [9.17, 15) is 14.2 Å². The van der Waals surface area contributed by atoms with Crippen molar-refractivity contribution in [3.63, 3.8) is 0 Å². The van der Waals surface area contributed by atoms with Crippen LogP contribution in [0.25, 0.3) is 0 Å². The first-order valence-electron chi connectivity index (χ1n) is 9.36. The van der Waals surface area contributed by atoms with Crippen LogP contribution in [0.1, 0.15) is 82.1 Å². The Bertz CT molecular complexity index is 546. The fourth-order valence-corrected chi connectivity index (χ4v) is 3.54. The van der Waals surface area contributed by atoms with Crippen LogP contribution in [0.5, 0.6) is 0 Å². The molecule has 0 amide bonds. The van der Waals surface area contributed by atoms with Crippen LogP contribution in [-0.4, -0.2) is 35.5 Å². The first kappa shape index (κ1) is 27.0. The van der Waals surface area contributed by atoms with Crippen molar-refractivity contribution in [2.45, 2.75) is 98.9 Å². The van der Waals surface area contributed by atoms with Crippen molar-refractivity contribution in [1.82, 2.24) is 0 Å². The van der Waals surface area contributed by atoms with Crippen molar-refractivity contribution in [1.29, 1.82) is 0 Å². The summed E-state index contributed by atoms with van der Waals surface area (Å²) >= 11 is 0. The molecule has 8 nitrogen and oxygen atoms in total. The number of phosphoric acid groups is 1. The second-order valence-electron chi connectivity index (χ2n) is 9.59. The summed E-state index contributed by atoms with van der Waals surface area (Å²) in [5.74, 6) is -1.52. The van der Waals surface area contributed by atoms with E-state index in [4.69, 9.17) is 23.0 Å². The lowest BCUT2D eigenvalue weighted by atomic mass is 10.1. The molecule has 0 aromatic heterocycles. The molecular formula is C19H37O8P. The number of rotatable bonds is 9. The number of carbonyl (C=O) groups is 2. The lowest BCUT2D eigenvalue weighted by molar-refractivity contribution is -0.158. The van der Waals surface area contributed by atoms with E-state index in [2.05, 4.69) is 0 Å². The monoisotopic (exact) mass is 424 g/mol. The van der Waals surface area contributed by atoms with Crippen LogP contribution >= 0.6 is 7.82 Å². The largest absolute Gasteiger partial charge is 0.478 e. The molecular weight excluding hydrogens is 387 g/mol. The SMILES string of the molecule is C[C@@H](CCC(=O)OC(C)(C)C)C(=O)OCOP(=O)(OC(C)(C)C)OC(C)(C)C. The molecule has 0 aromatic rings. The predicted octanol–water partition coefficient (Wildman–Crippen LogP) is 5.00. The van der Waals surface area contributed by atoms with Gasteiger partial charge in [0, 0.05) is 6.42 Å². The minimum absolute atomic E-state index is 0.0904. The van der Waals surface area contributed by atoms with Crippen LogP contribution in [0.3, 0.4) is 0 Å². The summed E-state index contributed by atoms with van der Waals surface area (Å²) in [5, 5.41) is 0. The molecule has 1 atom stereocenters. The average Bonchev–Trinajstić information content (AvgIpc) is 2.38. The normalized spacial score (nSPS) is 14.5. The van der Waals surface area contributed by atoms with E-state index in [-0.39, 0.29) is 18.8 Å². The van der Waals surface area contributed by atoms with Gasteiger partial charge in [-0.15, -0.1) is 0 Å². The maximum absolute atomic E-state index is 12.8. The number of ether oxygens (including phenoxy) is 2. The molecule has 28 heavy (non-hydrogen) atoms. The minimum atomic E-state index is -3.95. The number of phosphoric ester groups is 1. The first-order valence-corrected chi connectivity index (χ1v) is 10.8. The molecule has 0 saturated carbocycles. The van der Waals surface area contributed by atoms with Gasteiger partial charge in [-0.2, -0.15) is 0 Å². The zero-order chi connectivity index (χ0) is 22.4. The van der Waals surface area contributed by atoms with E-state index in [0.717, 1.165) is 0 Å². The summed E-state index contributed by atoms with van der Waals surface area (Å²) < 4.78 is 39.1.